The van der Waals surface area contributed by atoms with E-state index in [1.54, 1.807) is 0 Å². The fourth-order valence-corrected chi connectivity index (χ4v) is 2.56. The molecule has 3 rings (SSSR count). The predicted molar refractivity (Wildman–Crippen MR) is 82.5 cm³/mol. The van der Waals surface area contributed by atoms with Crippen LogP contribution in [0.4, 0.5) is 30.7 Å². The minimum atomic E-state index is -5.47. The second-order valence-electron chi connectivity index (χ2n) is 5.76. The third kappa shape index (κ3) is 3.90. The Hall–Kier alpha value is -2.92. The minimum Gasteiger partial charge on any atom is -0.493 e. The van der Waals surface area contributed by atoms with Crippen LogP contribution in [0, 0.1) is 30.3 Å². The molecule has 163 valence electrons. The maximum atomic E-state index is 14.3. The summed E-state index contributed by atoms with van der Waals surface area (Å²) in [4.78, 5) is 14.7. The van der Waals surface area contributed by atoms with Crippen molar-refractivity contribution in [2.24, 2.45) is 0 Å². The van der Waals surface area contributed by atoms with Gasteiger partial charge in [-0.3, -0.25) is 4.79 Å². The van der Waals surface area contributed by atoms with Crippen LogP contribution in [0.3, 0.4) is 0 Å². The van der Waals surface area contributed by atoms with E-state index in [1.807, 2.05) is 0 Å². The van der Waals surface area contributed by atoms with Crippen LogP contribution in [0.1, 0.15) is 27.3 Å². The standard InChI is InChI=1S/C17H8F7N3O2.Cu/c1-6-9(13(28)7-2-4-8(18)5-3-7)16(29)27(26-6)12-10(19)14(17(22,23)24)25-15(21)11(12)20;/h2-5,29H,1H3;. The molecule has 0 atom stereocenters. The normalized spacial score (nSPS) is 11.3. The molecule has 30 heavy (non-hydrogen) atoms. The Labute approximate surface area is 173 Å². The molecular weight excluding hydrogens is 475 g/mol. The van der Waals surface area contributed by atoms with Crippen molar-refractivity contribution >= 4 is 5.78 Å². The Morgan fingerprint density at radius 3 is 2.13 bits per heavy atom. The van der Waals surface area contributed by atoms with E-state index >= 15 is 0 Å². The molecule has 2 heterocycles. The van der Waals surface area contributed by atoms with Gasteiger partial charge in [0.1, 0.15) is 17.1 Å². The maximum Gasteiger partial charge on any atom is 0.436 e. The summed E-state index contributed by atoms with van der Waals surface area (Å²) in [6.45, 7) is 1.12. The van der Waals surface area contributed by atoms with E-state index in [4.69, 9.17) is 0 Å². The number of alkyl halides is 3. The quantitative estimate of drug-likeness (QED) is 0.264. The van der Waals surface area contributed by atoms with Crippen LogP contribution < -0.4 is 0 Å². The molecule has 0 unspecified atom stereocenters. The predicted octanol–water partition coefficient (Wildman–Crippen LogP) is 4.09. The first kappa shape index (κ1) is 23.4. The van der Waals surface area contributed by atoms with E-state index in [9.17, 15) is 40.6 Å². The van der Waals surface area contributed by atoms with Gasteiger partial charge in [0.25, 0.3) is 5.95 Å². The number of pyridine rings is 1. The van der Waals surface area contributed by atoms with Crippen molar-refractivity contribution in [1.82, 2.24) is 14.8 Å². The number of aromatic hydroxyl groups is 1. The van der Waals surface area contributed by atoms with Crippen LogP contribution in [0.25, 0.3) is 5.69 Å². The van der Waals surface area contributed by atoms with Crippen molar-refractivity contribution in [2.45, 2.75) is 13.1 Å². The van der Waals surface area contributed by atoms with Gasteiger partial charge in [0.2, 0.25) is 11.7 Å². The number of aryl methyl sites for hydroxylation is 1. The van der Waals surface area contributed by atoms with Gasteiger partial charge in [0.15, 0.2) is 17.3 Å². The fraction of sp³-hybridized carbons (Fsp3) is 0.118. The van der Waals surface area contributed by atoms with Gasteiger partial charge in [0.05, 0.1) is 5.69 Å². The molecule has 0 spiro atoms. The minimum absolute atomic E-state index is 0. The Kier molecular flexibility index (Phi) is 6.29. The molecule has 3 aromatic rings. The Morgan fingerprint density at radius 1 is 1.03 bits per heavy atom. The summed E-state index contributed by atoms with van der Waals surface area (Å²) in [6, 6.07) is 3.94. The van der Waals surface area contributed by atoms with E-state index in [2.05, 4.69) is 10.1 Å². The van der Waals surface area contributed by atoms with Gasteiger partial charge in [-0.2, -0.15) is 31.7 Å². The van der Waals surface area contributed by atoms with E-state index in [0.717, 1.165) is 31.2 Å². The molecule has 0 saturated carbocycles. The van der Waals surface area contributed by atoms with E-state index in [1.165, 1.54) is 0 Å². The third-order valence-electron chi connectivity index (χ3n) is 3.86. The maximum absolute atomic E-state index is 14.3. The Morgan fingerprint density at radius 2 is 1.60 bits per heavy atom. The molecule has 13 heteroatoms. The molecule has 0 fully saturated rings. The molecule has 5 nitrogen and oxygen atoms in total. The summed E-state index contributed by atoms with van der Waals surface area (Å²) in [5, 5.41) is 13.7. The van der Waals surface area contributed by atoms with Crippen LogP contribution in [0.15, 0.2) is 24.3 Å². The van der Waals surface area contributed by atoms with Gasteiger partial charge < -0.3 is 5.11 Å². The van der Waals surface area contributed by atoms with Crippen molar-refractivity contribution in [2.75, 3.05) is 0 Å². The van der Waals surface area contributed by atoms with Crippen molar-refractivity contribution in [3.63, 3.8) is 0 Å². The summed E-state index contributed by atoms with van der Waals surface area (Å²) in [7, 11) is 0. The number of aromatic nitrogens is 3. The molecule has 0 aliphatic carbocycles. The van der Waals surface area contributed by atoms with Gasteiger partial charge in [-0.25, -0.2) is 13.8 Å². The molecular formula is C17H8CuF7N3O2. The number of hydrogen-bond acceptors (Lipinski definition) is 4. The smallest absolute Gasteiger partial charge is 0.436 e. The first-order valence-electron chi connectivity index (χ1n) is 7.64. The average molecular weight is 483 g/mol. The number of rotatable bonds is 3. The van der Waals surface area contributed by atoms with Gasteiger partial charge in [-0.1, -0.05) is 0 Å². The topological polar surface area (TPSA) is 68.0 Å². The van der Waals surface area contributed by atoms with Crippen LogP contribution >= 0.6 is 0 Å². The van der Waals surface area contributed by atoms with E-state index in [-0.39, 0.29) is 33.0 Å². The zero-order valence-electron chi connectivity index (χ0n) is 14.5. The first-order valence-corrected chi connectivity index (χ1v) is 7.64. The molecule has 1 aromatic carbocycles. The number of halogens is 7. The van der Waals surface area contributed by atoms with E-state index in [0.29, 0.717) is 0 Å². The SMILES string of the molecule is Cc1nn(-c2c(F)c(F)nc(C(F)(F)F)c2F)c(O)c1C(=O)c1ccc(F)cc1.[Cu]. The zero-order chi connectivity index (χ0) is 21.7. The summed E-state index contributed by atoms with van der Waals surface area (Å²) >= 11 is 0. The van der Waals surface area contributed by atoms with E-state index < -0.39 is 58.2 Å². The van der Waals surface area contributed by atoms with Crippen molar-refractivity contribution in [3.8, 4) is 11.6 Å². The van der Waals surface area contributed by atoms with Crippen LogP contribution in [0.5, 0.6) is 5.88 Å². The van der Waals surface area contributed by atoms with Crippen molar-refractivity contribution < 1.29 is 57.7 Å². The van der Waals surface area contributed by atoms with Gasteiger partial charge in [-0.05, 0) is 31.2 Å². The average Bonchev–Trinajstić information content (AvgIpc) is 2.91. The monoisotopic (exact) mass is 482 g/mol. The molecule has 1 radical (unpaired) electrons. The van der Waals surface area contributed by atoms with Gasteiger partial charge >= 0.3 is 6.18 Å². The number of ketones is 1. The number of hydrogen-bond donors (Lipinski definition) is 1. The van der Waals surface area contributed by atoms with Crippen LogP contribution in [-0.2, 0) is 23.2 Å². The molecule has 0 aliphatic rings. The zero-order valence-corrected chi connectivity index (χ0v) is 15.4. The fourth-order valence-electron chi connectivity index (χ4n) is 2.56. The largest absolute Gasteiger partial charge is 0.493 e. The van der Waals surface area contributed by atoms with Gasteiger partial charge in [0, 0.05) is 22.6 Å². The molecule has 0 saturated heterocycles. The number of benzene rings is 1. The second-order valence-corrected chi connectivity index (χ2v) is 5.76. The molecule has 0 amide bonds. The summed E-state index contributed by atoms with van der Waals surface area (Å²) < 4.78 is 93.4. The summed E-state index contributed by atoms with van der Waals surface area (Å²) in [6.07, 6.45) is -5.47. The van der Waals surface area contributed by atoms with Crippen LogP contribution in [-0.4, -0.2) is 25.7 Å². The van der Waals surface area contributed by atoms with Crippen molar-refractivity contribution in [1.29, 1.82) is 0 Å². The number of carbonyl (C=O) groups excluding carboxylic acids is 1. The molecule has 2 aromatic heterocycles. The number of carbonyl (C=O) groups is 1. The summed E-state index contributed by atoms with van der Waals surface area (Å²) in [5.74, 6) is -9.66. The Balaban J connectivity index is 0.00000320. The second kappa shape index (κ2) is 8.07. The third-order valence-corrected chi connectivity index (χ3v) is 3.86. The molecule has 0 bridgehead atoms. The first-order chi connectivity index (χ1) is 13.4. The molecule has 1 N–H and O–H groups in total. The van der Waals surface area contributed by atoms with Crippen molar-refractivity contribution in [3.05, 3.63) is 70.2 Å². The summed E-state index contributed by atoms with van der Waals surface area (Å²) in [5.41, 5.74) is -5.18. The van der Waals surface area contributed by atoms with Crippen LogP contribution in [0.2, 0.25) is 0 Å². The molecule has 0 aliphatic heterocycles. The number of nitrogens with zero attached hydrogens (tertiary/aromatic N) is 3. The van der Waals surface area contributed by atoms with Gasteiger partial charge in [-0.15, -0.1) is 0 Å². The Bertz CT molecular complexity index is 1130.